The van der Waals surface area contributed by atoms with E-state index in [1.807, 2.05) is 13.0 Å². The fraction of sp³-hybridized carbons (Fsp3) is 0.462. The highest BCUT2D eigenvalue weighted by molar-refractivity contribution is 6.33. The first kappa shape index (κ1) is 14.3. The van der Waals surface area contributed by atoms with E-state index in [2.05, 4.69) is 5.32 Å². The summed E-state index contributed by atoms with van der Waals surface area (Å²) >= 11 is 6.03. The van der Waals surface area contributed by atoms with Gasteiger partial charge in [-0.1, -0.05) is 17.7 Å². The fourth-order valence-electron chi connectivity index (χ4n) is 2.09. The molecule has 1 aliphatic rings. The average molecular weight is 285 g/mol. The Bertz CT molecular complexity index is 471. The number of hydrogen-bond acceptors (Lipinski definition) is 4. The second kappa shape index (κ2) is 5.88. The summed E-state index contributed by atoms with van der Waals surface area (Å²) in [7, 11) is 0. The van der Waals surface area contributed by atoms with Crippen molar-refractivity contribution >= 4 is 23.2 Å². The van der Waals surface area contributed by atoms with Gasteiger partial charge >= 0.3 is 0 Å². The number of nitrogens with one attached hydrogen (secondary N) is 1. The lowest BCUT2D eigenvalue weighted by molar-refractivity contribution is -0.117. The summed E-state index contributed by atoms with van der Waals surface area (Å²) in [5, 5.41) is 22.0. The molecule has 0 spiro atoms. The number of aliphatic hydroxyl groups excluding tert-OH is 2. The third kappa shape index (κ3) is 3.67. The van der Waals surface area contributed by atoms with Crippen molar-refractivity contribution in [3.63, 3.8) is 0 Å². The Kier molecular flexibility index (Phi) is 4.42. The molecular formula is C13H17ClN2O3. The van der Waals surface area contributed by atoms with Gasteiger partial charge in [-0.05, 0) is 24.6 Å². The third-order valence-electron chi connectivity index (χ3n) is 3.10. The Balaban J connectivity index is 1.91. The molecule has 3 N–H and O–H groups in total. The third-order valence-corrected chi connectivity index (χ3v) is 3.41. The lowest BCUT2D eigenvalue weighted by Crippen LogP contribution is -2.32. The predicted octanol–water partition coefficient (Wildman–Crippen LogP) is 0.624. The molecule has 1 aromatic rings. The maximum atomic E-state index is 11.8. The molecule has 2 atom stereocenters. The molecule has 1 saturated heterocycles. The first-order valence-corrected chi connectivity index (χ1v) is 6.48. The van der Waals surface area contributed by atoms with Crippen LogP contribution in [0.5, 0.6) is 0 Å². The van der Waals surface area contributed by atoms with Crippen LogP contribution in [0, 0.1) is 6.92 Å². The summed E-state index contributed by atoms with van der Waals surface area (Å²) in [6.45, 7) is 2.65. The smallest absolute Gasteiger partial charge is 0.238 e. The van der Waals surface area contributed by atoms with E-state index >= 15 is 0 Å². The SMILES string of the molecule is Cc1ccc(NC(=O)CN2C[C@@H](O)[C@@H](O)C2)c(Cl)c1. The zero-order valence-corrected chi connectivity index (χ0v) is 11.4. The summed E-state index contributed by atoms with van der Waals surface area (Å²) < 4.78 is 0. The van der Waals surface area contributed by atoms with E-state index in [1.54, 1.807) is 17.0 Å². The average Bonchev–Trinajstić information content (AvgIpc) is 2.62. The number of hydrogen-bond donors (Lipinski definition) is 3. The van der Waals surface area contributed by atoms with Crippen molar-refractivity contribution in [2.45, 2.75) is 19.1 Å². The van der Waals surface area contributed by atoms with Gasteiger partial charge in [0, 0.05) is 13.1 Å². The van der Waals surface area contributed by atoms with Gasteiger partial charge in [0.2, 0.25) is 5.91 Å². The lowest BCUT2D eigenvalue weighted by Gasteiger charge is -2.15. The van der Waals surface area contributed by atoms with Gasteiger partial charge in [0.1, 0.15) is 0 Å². The second-order valence-electron chi connectivity index (χ2n) is 4.86. The van der Waals surface area contributed by atoms with Crippen LogP contribution in [0.25, 0.3) is 0 Å². The number of nitrogens with zero attached hydrogens (tertiary/aromatic N) is 1. The Labute approximate surface area is 116 Å². The Morgan fingerprint density at radius 1 is 1.42 bits per heavy atom. The van der Waals surface area contributed by atoms with Crippen LogP contribution in [0.1, 0.15) is 5.56 Å². The number of aliphatic hydroxyl groups is 2. The molecule has 0 aliphatic carbocycles. The van der Waals surface area contributed by atoms with Crippen molar-refractivity contribution in [3.05, 3.63) is 28.8 Å². The molecule has 19 heavy (non-hydrogen) atoms. The number of halogens is 1. The molecule has 0 radical (unpaired) electrons. The fourth-order valence-corrected chi connectivity index (χ4v) is 2.37. The number of amides is 1. The summed E-state index contributed by atoms with van der Waals surface area (Å²) in [5.41, 5.74) is 1.59. The van der Waals surface area contributed by atoms with Gasteiger partial charge in [0.25, 0.3) is 0 Å². The van der Waals surface area contributed by atoms with E-state index in [9.17, 15) is 15.0 Å². The van der Waals surface area contributed by atoms with Crippen molar-refractivity contribution < 1.29 is 15.0 Å². The van der Waals surface area contributed by atoms with E-state index in [0.717, 1.165) is 5.56 Å². The standard InChI is InChI=1S/C13H17ClN2O3/c1-8-2-3-10(9(14)4-8)15-13(19)7-16-5-11(17)12(18)6-16/h2-4,11-12,17-18H,5-7H2,1H3,(H,15,19)/t11-,12+. The van der Waals surface area contributed by atoms with Crippen molar-refractivity contribution in [2.75, 3.05) is 25.0 Å². The number of aryl methyl sites for hydroxylation is 1. The molecule has 1 amide bonds. The van der Waals surface area contributed by atoms with Gasteiger partial charge in [-0.3, -0.25) is 9.69 Å². The number of carbonyl (C=O) groups excluding carboxylic acids is 1. The van der Waals surface area contributed by atoms with Crippen LogP contribution in [0.3, 0.4) is 0 Å². The van der Waals surface area contributed by atoms with Gasteiger partial charge in [0.05, 0.1) is 29.5 Å². The minimum Gasteiger partial charge on any atom is -0.389 e. The van der Waals surface area contributed by atoms with E-state index in [4.69, 9.17) is 11.6 Å². The Morgan fingerprint density at radius 3 is 2.63 bits per heavy atom. The minimum atomic E-state index is -0.782. The normalized spacial score (nSPS) is 23.6. The largest absolute Gasteiger partial charge is 0.389 e. The molecule has 0 bridgehead atoms. The predicted molar refractivity (Wildman–Crippen MR) is 73.3 cm³/mol. The van der Waals surface area contributed by atoms with E-state index in [1.165, 1.54) is 0 Å². The molecule has 0 aromatic heterocycles. The van der Waals surface area contributed by atoms with Gasteiger partial charge in [-0.25, -0.2) is 0 Å². The molecule has 104 valence electrons. The lowest BCUT2D eigenvalue weighted by atomic mass is 10.2. The molecule has 6 heteroatoms. The van der Waals surface area contributed by atoms with Crippen molar-refractivity contribution in [3.8, 4) is 0 Å². The Morgan fingerprint density at radius 2 is 2.05 bits per heavy atom. The van der Waals surface area contributed by atoms with Crippen LogP contribution in [-0.4, -0.2) is 52.9 Å². The molecule has 1 fully saturated rings. The minimum absolute atomic E-state index is 0.123. The van der Waals surface area contributed by atoms with Crippen LogP contribution in [0.15, 0.2) is 18.2 Å². The summed E-state index contributed by atoms with van der Waals surface area (Å²) in [6, 6.07) is 5.40. The first-order chi connectivity index (χ1) is 8.95. The molecule has 1 aliphatic heterocycles. The van der Waals surface area contributed by atoms with Crippen molar-refractivity contribution in [2.24, 2.45) is 0 Å². The Hall–Kier alpha value is -1.14. The van der Waals surface area contributed by atoms with Crippen molar-refractivity contribution in [1.29, 1.82) is 0 Å². The number of β-amino-alcohol motifs (C(OH)–C–C–N with tert-alkyl or cyclic N) is 2. The van der Waals surface area contributed by atoms with Crippen LogP contribution in [0.4, 0.5) is 5.69 Å². The summed E-state index contributed by atoms with van der Waals surface area (Å²) in [5.74, 6) is -0.216. The highest BCUT2D eigenvalue weighted by Crippen LogP contribution is 2.22. The monoisotopic (exact) mass is 284 g/mol. The molecular weight excluding hydrogens is 268 g/mol. The second-order valence-corrected chi connectivity index (χ2v) is 5.27. The zero-order valence-electron chi connectivity index (χ0n) is 10.6. The number of anilines is 1. The number of rotatable bonds is 3. The highest BCUT2D eigenvalue weighted by atomic mass is 35.5. The maximum absolute atomic E-state index is 11.8. The highest BCUT2D eigenvalue weighted by Gasteiger charge is 2.30. The first-order valence-electron chi connectivity index (χ1n) is 6.10. The van der Waals surface area contributed by atoms with Crippen LogP contribution < -0.4 is 5.32 Å². The molecule has 5 nitrogen and oxygen atoms in total. The number of carbonyl (C=O) groups is 1. The number of benzene rings is 1. The summed E-state index contributed by atoms with van der Waals surface area (Å²) in [6.07, 6.45) is -1.56. The molecule has 1 heterocycles. The topological polar surface area (TPSA) is 72.8 Å². The quantitative estimate of drug-likeness (QED) is 0.761. The van der Waals surface area contributed by atoms with Gasteiger partial charge in [-0.15, -0.1) is 0 Å². The van der Waals surface area contributed by atoms with Gasteiger partial charge < -0.3 is 15.5 Å². The molecule has 0 unspecified atom stereocenters. The number of likely N-dealkylation sites (tertiary alicyclic amines) is 1. The molecule has 2 rings (SSSR count). The van der Waals surface area contributed by atoms with Crippen LogP contribution in [0.2, 0.25) is 5.02 Å². The molecule has 1 aromatic carbocycles. The zero-order chi connectivity index (χ0) is 14.0. The maximum Gasteiger partial charge on any atom is 0.238 e. The van der Waals surface area contributed by atoms with E-state index < -0.39 is 12.2 Å². The van der Waals surface area contributed by atoms with Crippen LogP contribution in [-0.2, 0) is 4.79 Å². The van der Waals surface area contributed by atoms with E-state index in [0.29, 0.717) is 23.8 Å². The van der Waals surface area contributed by atoms with Gasteiger partial charge in [-0.2, -0.15) is 0 Å². The van der Waals surface area contributed by atoms with Crippen LogP contribution >= 0.6 is 11.6 Å². The summed E-state index contributed by atoms with van der Waals surface area (Å²) in [4.78, 5) is 13.5. The van der Waals surface area contributed by atoms with Gasteiger partial charge in [0.15, 0.2) is 0 Å². The van der Waals surface area contributed by atoms with Crippen molar-refractivity contribution in [1.82, 2.24) is 4.90 Å². The molecule has 0 saturated carbocycles. The van der Waals surface area contributed by atoms with E-state index in [-0.39, 0.29) is 12.5 Å².